The smallest absolute Gasteiger partial charge is 0.255 e. The molecule has 11 heteroatoms. The summed E-state index contributed by atoms with van der Waals surface area (Å²) in [6.45, 7) is 2.52. The van der Waals surface area contributed by atoms with Gasteiger partial charge in [0.05, 0.1) is 5.75 Å². The molecule has 1 aliphatic heterocycles. The van der Waals surface area contributed by atoms with Crippen LogP contribution in [0.2, 0.25) is 0 Å². The largest absolute Gasteiger partial charge is 0.398 e. The van der Waals surface area contributed by atoms with E-state index in [-0.39, 0.29) is 24.5 Å². The second-order valence-corrected chi connectivity index (χ2v) is 10.9. The molecule has 33 heavy (non-hydrogen) atoms. The minimum absolute atomic E-state index is 0.000426. The molecule has 1 fully saturated rings. The highest BCUT2D eigenvalue weighted by atomic mass is 32.2. The fourth-order valence-electron chi connectivity index (χ4n) is 3.60. The lowest BCUT2D eigenvalue weighted by molar-refractivity contribution is -0.154. The Morgan fingerprint density at radius 3 is 2.33 bits per heavy atom. The van der Waals surface area contributed by atoms with E-state index in [1.807, 2.05) is 0 Å². The first-order chi connectivity index (χ1) is 15.3. The van der Waals surface area contributed by atoms with Crippen molar-refractivity contribution in [3.8, 4) is 11.1 Å². The van der Waals surface area contributed by atoms with Crippen LogP contribution in [0.5, 0.6) is 0 Å². The normalized spacial score (nSPS) is 18.5. The second-order valence-electron chi connectivity index (χ2n) is 8.29. The van der Waals surface area contributed by atoms with Gasteiger partial charge in [0.2, 0.25) is 0 Å². The molecule has 2 aromatic carbocycles. The lowest BCUT2D eigenvalue weighted by Crippen LogP contribution is -2.55. The third-order valence-electron chi connectivity index (χ3n) is 5.83. The van der Waals surface area contributed by atoms with Crippen LogP contribution in [0.3, 0.4) is 0 Å². The standard InChI is InChI=1S/C22H26FN3O6S/c1-22(2)26(9-10-33(22,31)32)21(30)19(28)18(27)20(29)25-12-13-3-5-14(6-4-13)16-8-7-15(23)11-17(16)24/h3-8,11,18-19,27-28H,9-10,12,24H2,1-2H3,(H,25,29)/t18-,19-/m1/s1. The number of hydrogen-bond acceptors (Lipinski definition) is 7. The molecule has 0 unspecified atom stereocenters. The predicted octanol–water partition coefficient (Wildman–Crippen LogP) is 0.406. The van der Waals surface area contributed by atoms with E-state index < -0.39 is 44.5 Å². The Bertz CT molecular complexity index is 1170. The third kappa shape index (κ3) is 4.85. The maximum Gasteiger partial charge on any atom is 0.255 e. The number of aliphatic hydroxyl groups excluding tert-OH is 2. The lowest BCUT2D eigenvalue weighted by atomic mass is 10.0. The Kier molecular flexibility index (Phi) is 6.78. The average Bonchev–Trinajstić information content (AvgIpc) is 2.98. The van der Waals surface area contributed by atoms with Crippen molar-refractivity contribution in [3.05, 3.63) is 53.8 Å². The minimum Gasteiger partial charge on any atom is -0.398 e. The maximum absolute atomic E-state index is 13.2. The zero-order valence-electron chi connectivity index (χ0n) is 18.2. The fraction of sp³-hybridized carbons (Fsp3) is 0.364. The highest BCUT2D eigenvalue weighted by Crippen LogP contribution is 2.30. The summed E-state index contributed by atoms with van der Waals surface area (Å²) in [6, 6.07) is 10.9. The average molecular weight is 480 g/mol. The molecule has 9 nitrogen and oxygen atoms in total. The number of carbonyl (C=O) groups excluding carboxylic acids is 2. The van der Waals surface area contributed by atoms with Crippen LogP contribution in [0.1, 0.15) is 19.4 Å². The topological polar surface area (TPSA) is 150 Å². The number of sulfone groups is 1. The Balaban J connectivity index is 1.60. The Morgan fingerprint density at radius 1 is 1.15 bits per heavy atom. The molecule has 5 N–H and O–H groups in total. The van der Waals surface area contributed by atoms with E-state index in [4.69, 9.17) is 5.73 Å². The van der Waals surface area contributed by atoms with Gasteiger partial charge in [-0.25, -0.2) is 12.8 Å². The zero-order chi connectivity index (χ0) is 24.6. The molecule has 2 amide bonds. The van der Waals surface area contributed by atoms with Gasteiger partial charge < -0.3 is 26.2 Å². The number of aliphatic hydroxyl groups is 2. The van der Waals surface area contributed by atoms with E-state index >= 15 is 0 Å². The Morgan fingerprint density at radius 2 is 1.79 bits per heavy atom. The minimum atomic E-state index is -3.59. The highest BCUT2D eigenvalue weighted by molar-refractivity contribution is 7.93. The van der Waals surface area contributed by atoms with Crippen LogP contribution < -0.4 is 11.1 Å². The number of halogens is 1. The van der Waals surface area contributed by atoms with E-state index in [0.717, 1.165) is 10.5 Å². The summed E-state index contributed by atoms with van der Waals surface area (Å²) in [5, 5.41) is 22.8. The van der Waals surface area contributed by atoms with Gasteiger partial charge >= 0.3 is 0 Å². The van der Waals surface area contributed by atoms with E-state index in [1.54, 1.807) is 30.3 Å². The molecule has 0 aliphatic carbocycles. The highest BCUT2D eigenvalue weighted by Gasteiger charge is 2.50. The van der Waals surface area contributed by atoms with Crippen LogP contribution in [-0.2, 0) is 26.0 Å². The van der Waals surface area contributed by atoms with Gasteiger partial charge in [0.15, 0.2) is 22.0 Å². The monoisotopic (exact) mass is 479 g/mol. The summed E-state index contributed by atoms with van der Waals surface area (Å²) in [7, 11) is -3.59. The first-order valence-corrected chi connectivity index (χ1v) is 11.8. The Hall–Kier alpha value is -3.02. The van der Waals surface area contributed by atoms with Crippen molar-refractivity contribution in [3.63, 3.8) is 0 Å². The number of amides is 2. The van der Waals surface area contributed by atoms with Crippen molar-refractivity contribution in [2.75, 3.05) is 18.0 Å². The molecule has 0 radical (unpaired) electrons. The quantitative estimate of drug-likeness (QED) is 0.438. The maximum atomic E-state index is 13.2. The summed E-state index contributed by atoms with van der Waals surface area (Å²) < 4.78 is 37.4. The van der Waals surface area contributed by atoms with Gasteiger partial charge in [0, 0.05) is 24.3 Å². The van der Waals surface area contributed by atoms with Crippen molar-refractivity contribution in [1.29, 1.82) is 0 Å². The van der Waals surface area contributed by atoms with Crippen LogP contribution in [0, 0.1) is 5.82 Å². The predicted molar refractivity (Wildman–Crippen MR) is 120 cm³/mol. The van der Waals surface area contributed by atoms with Crippen molar-refractivity contribution in [2.24, 2.45) is 0 Å². The summed E-state index contributed by atoms with van der Waals surface area (Å²) in [5.74, 6) is -2.72. The fourth-order valence-corrected chi connectivity index (χ4v) is 5.04. The van der Waals surface area contributed by atoms with Gasteiger partial charge in [-0.15, -0.1) is 0 Å². The first kappa shape index (κ1) is 24.6. The summed E-state index contributed by atoms with van der Waals surface area (Å²) in [5.41, 5.74) is 8.18. The Labute approximate surface area is 190 Å². The number of nitrogens with zero attached hydrogens (tertiary/aromatic N) is 1. The number of rotatable bonds is 6. The molecule has 1 heterocycles. The molecule has 2 aromatic rings. The molecule has 178 valence electrons. The van der Waals surface area contributed by atoms with E-state index in [2.05, 4.69) is 5.32 Å². The van der Waals surface area contributed by atoms with Gasteiger partial charge in [-0.1, -0.05) is 24.3 Å². The number of nitrogens with two attached hydrogens (primary N) is 1. The van der Waals surface area contributed by atoms with E-state index in [9.17, 15) is 32.6 Å². The summed E-state index contributed by atoms with van der Waals surface area (Å²) in [4.78, 5) is 24.2. The van der Waals surface area contributed by atoms with Gasteiger partial charge in [-0.3, -0.25) is 9.59 Å². The van der Waals surface area contributed by atoms with Crippen LogP contribution in [0.25, 0.3) is 11.1 Å². The zero-order valence-corrected chi connectivity index (χ0v) is 19.0. The number of carbonyl (C=O) groups is 2. The molecular formula is C22H26FN3O6S. The number of hydrogen-bond donors (Lipinski definition) is 4. The molecule has 1 aliphatic rings. The molecule has 0 bridgehead atoms. The van der Waals surface area contributed by atoms with Gasteiger partial charge in [-0.05, 0) is 43.2 Å². The lowest BCUT2D eigenvalue weighted by Gasteiger charge is -2.32. The summed E-state index contributed by atoms with van der Waals surface area (Å²) in [6.07, 6.45) is -4.18. The van der Waals surface area contributed by atoms with Crippen molar-refractivity contribution < 1.29 is 32.6 Å². The second kappa shape index (κ2) is 9.08. The van der Waals surface area contributed by atoms with E-state index in [1.165, 1.54) is 26.0 Å². The van der Waals surface area contributed by atoms with Gasteiger partial charge in [0.25, 0.3) is 11.8 Å². The molecular weight excluding hydrogens is 453 g/mol. The van der Waals surface area contributed by atoms with Crippen LogP contribution in [0.4, 0.5) is 10.1 Å². The van der Waals surface area contributed by atoms with Crippen LogP contribution >= 0.6 is 0 Å². The van der Waals surface area contributed by atoms with Crippen molar-refractivity contribution in [1.82, 2.24) is 10.2 Å². The molecule has 2 atom stereocenters. The number of anilines is 1. The van der Waals surface area contributed by atoms with Gasteiger partial charge in [-0.2, -0.15) is 0 Å². The third-order valence-corrected chi connectivity index (χ3v) is 8.29. The van der Waals surface area contributed by atoms with Crippen LogP contribution in [-0.4, -0.2) is 64.7 Å². The molecule has 3 rings (SSSR count). The number of nitrogens with one attached hydrogen (secondary N) is 1. The van der Waals surface area contributed by atoms with Gasteiger partial charge in [0.1, 0.15) is 10.7 Å². The first-order valence-electron chi connectivity index (χ1n) is 10.2. The SMILES string of the molecule is CC1(C)N(C(=O)[C@H](O)[C@@H](O)C(=O)NCc2ccc(-c3ccc(F)cc3N)cc2)CCS1(=O)=O. The molecule has 0 aromatic heterocycles. The van der Waals surface area contributed by atoms with E-state index in [0.29, 0.717) is 11.1 Å². The van der Waals surface area contributed by atoms with Crippen molar-refractivity contribution in [2.45, 2.75) is 37.5 Å². The van der Waals surface area contributed by atoms with Crippen molar-refractivity contribution >= 4 is 27.3 Å². The number of nitrogen functional groups attached to an aromatic ring is 1. The molecule has 0 spiro atoms. The number of benzene rings is 2. The van der Waals surface area contributed by atoms with Crippen LogP contribution in [0.15, 0.2) is 42.5 Å². The summed E-state index contributed by atoms with van der Waals surface area (Å²) >= 11 is 0. The molecule has 0 saturated carbocycles. The molecule has 1 saturated heterocycles.